The number of phenolic OH excluding ortho intramolecular Hbond substituents is 1. The number of benzene rings is 1. The molecule has 17 heavy (non-hydrogen) atoms. The van der Waals surface area contributed by atoms with Crippen molar-refractivity contribution in [1.29, 1.82) is 0 Å². The van der Waals surface area contributed by atoms with Gasteiger partial charge in [0.05, 0.1) is 11.9 Å². The third-order valence-electron chi connectivity index (χ3n) is 3.38. The summed E-state index contributed by atoms with van der Waals surface area (Å²) >= 11 is 0. The summed E-state index contributed by atoms with van der Waals surface area (Å²) in [5.41, 5.74) is 3.19. The molecule has 88 valence electrons. The van der Waals surface area contributed by atoms with Crippen LogP contribution in [0.3, 0.4) is 0 Å². The van der Waals surface area contributed by atoms with Crippen molar-refractivity contribution in [2.75, 3.05) is 7.05 Å². The Bertz CT molecular complexity index is 547. The zero-order chi connectivity index (χ0) is 11.8. The van der Waals surface area contributed by atoms with Gasteiger partial charge in [-0.15, -0.1) is 0 Å². The largest absolute Gasteiger partial charge is 0.506 e. The minimum atomic E-state index is 0.264. The van der Waals surface area contributed by atoms with Crippen molar-refractivity contribution in [1.82, 2.24) is 15.1 Å². The summed E-state index contributed by atoms with van der Waals surface area (Å²) < 4.78 is 1.85. The van der Waals surface area contributed by atoms with Crippen LogP contribution in [0.1, 0.15) is 23.7 Å². The quantitative estimate of drug-likeness (QED) is 0.825. The van der Waals surface area contributed by atoms with E-state index in [1.807, 2.05) is 36.1 Å². The van der Waals surface area contributed by atoms with Crippen molar-refractivity contribution in [2.45, 2.75) is 18.9 Å². The van der Waals surface area contributed by atoms with E-state index in [2.05, 4.69) is 10.4 Å². The number of aromatic hydroxyl groups is 1. The standard InChI is InChI=1S/C13H15N3O/c1-14-10-7-6-9-8-15-16(13(9)10)11-4-2-3-5-12(11)17/h2-5,8,10,14,17H,6-7H2,1H3. The summed E-state index contributed by atoms with van der Waals surface area (Å²) in [6.45, 7) is 0. The highest BCUT2D eigenvalue weighted by Gasteiger charge is 2.27. The van der Waals surface area contributed by atoms with Gasteiger partial charge in [0, 0.05) is 6.04 Å². The molecule has 2 aromatic rings. The summed E-state index contributed by atoms with van der Waals surface area (Å²) in [4.78, 5) is 0. The molecule has 1 aromatic carbocycles. The molecule has 1 aliphatic carbocycles. The highest BCUT2D eigenvalue weighted by molar-refractivity contribution is 5.47. The lowest BCUT2D eigenvalue weighted by Crippen LogP contribution is -2.17. The van der Waals surface area contributed by atoms with Crippen LogP contribution in [-0.4, -0.2) is 21.9 Å². The van der Waals surface area contributed by atoms with E-state index in [1.54, 1.807) is 6.07 Å². The first kappa shape index (κ1) is 10.4. The van der Waals surface area contributed by atoms with E-state index in [0.717, 1.165) is 18.5 Å². The van der Waals surface area contributed by atoms with E-state index in [0.29, 0.717) is 6.04 Å². The Kier molecular flexibility index (Phi) is 2.37. The first-order chi connectivity index (χ1) is 8.31. The van der Waals surface area contributed by atoms with Gasteiger partial charge in [-0.25, -0.2) is 4.68 Å². The SMILES string of the molecule is CNC1CCc2cnn(-c3ccccc3O)c21. The first-order valence-electron chi connectivity index (χ1n) is 5.83. The Hall–Kier alpha value is -1.81. The Labute approximate surface area is 99.9 Å². The number of nitrogens with zero attached hydrogens (tertiary/aromatic N) is 2. The van der Waals surface area contributed by atoms with Crippen molar-refractivity contribution in [3.05, 3.63) is 41.7 Å². The topological polar surface area (TPSA) is 50.1 Å². The average Bonchev–Trinajstić information content (AvgIpc) is 2.91. The molecule has 4 nitrogen and oxygen atoms in total. The van der Waals surface area contributed by atoms with Gasteiger partial charge in [0.15, 0.2) is 0 Å². The monoisotopic (exact) mass is 229 g/mol. The number of phenols is 1. The van der Waals surface area contributed by atoms with Gasteiger partial charge in [-0.05, 0) is 37.6 Å². The molecule has 0 spiro atoms. The summed E-state index contributed by atoms with van der Waals surface area (Å²) in [5.74, 6) is 0.264. The third kappa shape index (κ3) is 1.52. The van der Waals surface area contributed by atoms with Crippen molar-refractivity contribution in [3.63, 3.8) is 0 Å². The molecule has 2 N–H and O–H groups in total. The average molecular weight is 229 g/mol. The summed E-state index contributed by atoms with van der Waals surface area (Å²) in [7, 11) is 1.96. The van der Waals surface area contributed by atoms with Gasteiger partial charge < -0.3 is 10.4 Å². The predicted molar refractivity (Wildman–Crippen MR) is 65.4 cm³/mol. The van der Waals surface area contributed by atoms with E-state index in [1.165, 1.54) is 11.3 Å². The molecule has 0 fully saturated rings. The molecule has 1 atom stereocenters. The molecule has 0 radical (unpaired) electrons. The van der Waals surface area contributed by atoms with Crippen LogP contribution in [0.2, 0.25) is 0 Å². The maximum absolute atomic E-state index is 9.89. The smallest absolute Gasteiger partial charge is 0.141 e. The van der Waals surface area contributed by atoms with Crippen molar-refractivity contribution in [3.8, 4) is 11.4 Å². The lowest BCUT2D eigenvalue weighted by Gasteiger charge is -2.14. The molecule has 1 aromatic heterocycles. The number of aryl methyl sites for hydroxylation is 1. The third-order valence-corrected chi connectivity index (χ3v) is 3.38. The Morgan fingerprint density at radius 1 is 1.41 bits per heavy atom. The van der Waals surface area contributed by atoms with E-state index in [-0.39, 0.29) is 5.75 Å². The van der Waals surface area contributed by atoms with Crippen LogP contribution in [0.5, 0.6) is 5.75 Å². The minimum absolute atomic E-state index is 0.264. The van der Waals surface area contributed by atoms with E-state index in [4.69, 9.17) is 0 Å². The molecule has 0 bridgehead atoms. The number of aromatic nitrogens is 2. The zero-order valence-electron chi connectivity index (χ0n) is 9.72. The van der Waals surface area contributed by atoms with Crippen molar-refractivity contribution in [2.24, 2.45) is 0 Å². The van der Waals surface area contributed by atoms with Crippen molar-refractivity contribution >= 4 is 0 Å². The van der Waals surface area contributed by atoms with Gasteiger partial charge >= 0.3 is 0 Å². The second-order valence-electron chi connectivity index (χ2n) is 4.34. The second-order valence-corrected chi connectivity index (χ2v) is 4.34. The van der Waals surface area contributed by atoms with Crippen molar-refractivity contribution < 1.29 is 5.11 Å². The molecule has 4 heteroatoms. The molecule has 0 aliphatic heterocycles. The minimum Gasteiger partial charge on any atom is -0.506 e. The molecule has 1 aliphatic rings. The normalized spacial score (nSPS) is 18.3. The van der Waals surface area contributed by atoms with E-state index >= 15 is 0 Å². The van der Waals surface area contributed by atoms with Gasteiger partial charge in [-0.1, -0.05) is 12.1 Å². The fourth-order valence-corrected chi connectivity index (χ4v) is 2.51. The lowest BCUT2D eigenvalue weighted by atomic mass is 10.2. The highest BCUT2D eigenvalue weighted by Crippen LogP contribution is 2.34. The Balaban J connectivity index is 2.15. The van der Waals surface area contributed by atoms with Crippen LogP contribution in [0, 0.1) is 0 Å². The lowest BCUT2D eigenvalue weighted by molar-refractivity contribution is 0.467. The maximum atomic E-state index is 9.89. The highest BCUT2D eigenvalue weighted by atomic mass is 16.3. The Morgan fingerprint density at radius 2 is 2.24 bits per heavy atom. The fraction of sp³-hybridized carbons (Fsp3) is 0.308. The van der Waals surface area contributed by atoms with E-state index in [9.17, 15) is 5.11 Å². The van der Waals surface area contributed by atoms with Gasteiger partial charge in [0.1, 0.15) is 11.4 Å². The predicted octanol–water partition coefficient (Wildman–Crippen LogP) is 1.78. The van der Waals surface area contributed by atoms with Crippen LogP contribution >= 0.6 is 0 Å². The first-order valence-corrected chi connectivity index (χ1v) is 5.83. The number of fused-ring (bicyclic) bond motifs is 1. The van der Waals surface area contributed by atoms with Crippen LogP contribution in [0.25, 0.3) is 5.69 Å². The maximum Gasteiger partial charge on any atom is 0.141 e. The van der Waals surface area contributed by atoms with Crippen LogP contribution in [0.15, 0.2) is 30.5 Å². The van der Waals surface area contributed by atoms with Crippen LogP contribution < -0.4 is 5.32 Å². The molecule has 1 heterocycles. The number of nitrogens with one attached hydrogen (secondary N) is 1. The van der Waals surface area contributed by atoms with Crippen LogP contribution in [0.4, 0.5) is 0 Å². The summed E-state index contributed by atoms with van der Waals surface area (Å²) in [6.07, 6.45) is 4.05. The van der Waals surface area contributed by atoms with Gasteiger partial charge in [0.25, 0.3) is 0 Å². The number of rotatable bonds is 2. The van der Waals surface area contributed by atoms with Crippen LogP contribution in [-0.2, 0) is 6.42 Å². The fourth-order valence-electron chi connectivity index (χ4n) is 2.51. The molecular formula is C13H15N3O. The van der Waals surface area contributed by atoms with Gasteiger partial charge in [-0.2, -0.15) is 5.10 Å². The zero-order valence-corrected chi connectivity index (χ0v) is 9.72. The summed E-state index contributed by atoms with van der Waals surface area (Å²) in [5, 5.41) is 17.6. The molecule has 0 saturated carbocycles. The number of hydrogen-bond acceptors (Lipinski definition) is 3. The molecular weight excluding hydrogens is 214 g/mol. The van der Waals surface area contributed by atoms with Gasteiger partial charge in [-0.3, -0.25) is 0 Å². The number of para-hydroxylation sites is 2. The van der Waals surface area contributed by atoms with Gasteiger partial charge in [0.2, 0.25) is 0 Å². The second kappa shape index (κ2) is 3.89. The summed E-state index contributed by atoms with van der Waals surface area (Å²) in [6, 6.07) is 7.62. The molecule has 3 rings (SSSR count). The molecule has 1 unspecified atom stereocenters. The number of hydrogen-bond donors (Lipinski definition) is 2. The van der Waals surface area contributed by atoms with E-state index < -0.39 is 0 Å². The molecule has 0 amide bonds. The molecule has 0 saturated heterocycles. The Morgan fingerprint density at radius 3 is 3.00 bits per heavy atom.